The van der Waals surface area contributed by atoms with Crippen molar-refractivity contribution in [1.29, 1.82) is 0 Å². The van der Waals surface area contributed by atoms with E-state index in [0.717, 1.165) is 11.3 Å². The summed E-state index contributed by atoms with van der Waals surface area (Å²) in [7, 11) is 3.19. The van der Waals surface area contributed by atoms with Gasteiger partial charge in [-0.15, -0.1) is 0 Å². The molecule has 1 heterocycles. The second kappa shape index (κ2) is 8.15. The van der Waals surface area contributed by atoms with E-state index in [2.05, 4.69) is 15.5 Å². The first kappa shape index (κ1) is 17.5. The van der Waals surface area contributed by atoms with Crippen molar-refractivity contribution in [2.45, 2.75) is 12.8 Å². The third kappa shape index (κ3) is 4.38. The summed E-state index contributed by atoms with van der Waals surface area (Å²) in [5.41, 5.74) is 1.50. The summed E-state index contributed by atoms with van der Waals surface area (Å²) in [6.45, 7) is 0. The molecule has 134 valence electrons. The van der Waals surface area contributed by atoms with Crippen molar-refractivity contribution in [3.63, 3.8) is 0 Å². The van der Waals surface area contributed by atoms with Gasteiger partial charge >= 0.3 is 0 Å². The smallest absolute Gasteiger partial charge is 0.227 e. The molecular weight excluding hydrogens is 334 g/mol. The van der Waals surface area contributed by atoms with Gasteiger partial charge in [-0.05, 0) is 36.4 Å². The molecule has 3 aromatic rings. The van der Waals surface area contributed by atoms with Gasteiger partial charge in [0.1, 0.15) is 11.5 Å². The molecule has 0 saturated heterocycles. The second-order valence-electron chi connectivity index (χ2n) is 5.52. The molecule has 7 heteroatoms. The first-order chi connectivity index (χ1) is 12.7. The third-order valence-corrected chi connectivity index (χ3v) is 3.74. The van der Waals surface area contributed by atoms with E-state index in [1.807, 2.05) is 36.4 Å². The fourth-order valence-corrected chi connectivity index (χ4v) is 2.36. The van der Waals surface area contributed by atoms with Crippen LogP contribution in [0.15, 0.2) is 53.1 Å². The van der Waals surface area contributed by atoms with Gasteiger partial charge in [-0.1, -0.05) is 11.2 Å². The number of aryl methyl sites for hydroxylation is 1. The molecule has 0 fully saturated rings. The maximum atomic E-state index is 12.1. The molecule has 26 heavy (non-hydrogen) atoms. The number of aromatic nitrogens is 2. The zero-order valence-corrected chi connectivity index (χ0v) is 14.6. The first-order valence-corrected chi connectivity index (χ1v) is 8.09. The van der Waals surface area contributed by atoms with Gasteiger partial charge < -0.3 is 19.3 Å². The van der Waals surface area contributed by atoms with Crippen molar-refractivity contribution in [2.24, 2.45) is 0 Å². The molecule has 0 aliphatic heterocycles. The van der Waals surface area contributed by atoms with Gasteiger partial charge in [0.05, 0.1) is 14.2 Å². The van der Waals surface area contributed by atoms with E-state index in [1.165, 1.54) is 0 Å². The Morgan fingerprint density at radius 3 is 2.58 bits per heavy atom. The highest BCUT2D eigenvalue weighted by atomic mass is 16.5. The van der Waals surface area contributed by atoms with Gasteiger partial charge in [-0.2, -0.15) is 4.98 Å². The van der Waals surface area contributed by atoms with Crippen LogP contribution in [0.5, 0.6) is 11.5 Å². The van der Waals surface area contributed by atoms with E-state index >= 15 is 0 Å². The summed E-state index contributed by atoms with van der Waals surface area (Å²) in [6.07, 6.45) is 0.598. The Kier molecular flexibility index (Phi) is 5.48. The molecule has 0 saturated carbocycles. The van der Waals surface area contributed by atoms with Crippen LogP contribution in [0.2, 0.25) is 0 Å². The zero-order valence-electron chi connectivity index (χ0n) is 14.6. The fraction of sp³-hybridized carbons (Fsp3) is 0.211. The van der Waals surface area contributed by atoms with E-state index in [9.17, 15) is 4.79 Å². The average molecular weight is 353 g/mol. The van der Waals surface area contributed by atoms with Gasteiger partial charge in [-0.25, -0.2) is 0 Å². The summed E-state index contributed by atoms with van der Waals surface area (Å²) < 4.78 is 15.5. The van der Waals surface area contributed by atoms with Crippen molar-refractivity contribution in [2.75, 3.05) is 19.5 Å². The van der Waals surface area contributed by atoms with Crippen LogP contribution in [0.4, 0.5) is 5.69 Å². The van der Waals surface area contributed by atoms with Gasteiger partial charge in [0.2, 0.25) is 17.6 Å². The lowest BCUT2D eigenvalue weighted by Gasteiger charge is -2.06. The molecule has 0 bridgehead atoms. The highest BCUT2D eigenvalue weighted by molar-refractivity contribution is 5.90. The predicted octanol–water partition coefficient (Wildman–Crippen LogP) is 3.33. The SMILES string of the molecule is COc1ccc(-c2noc(CCC(=O)Nc3cccc(OC)c3)n2)cc1. The van der Waals surface area contributed by atoms with E-state index < -0.39 is 0 Å². The van der Waals surface area contributed by atoms with Crippen LogP contribution in [-0.2, 0) is 11.2 Å². The quantitative estimate of drug-likeness (QED) is 0.701. The Labute approximate surface area is 150 Å². The number of nitrogens with one attached hydrogen (secondary N) is 1. The summed E-state index contributed by atoms with van der Waals surface area (Å²) >= 11 is 0. The lowest BCUT2D eigenvalue weighted by molar-refractivity contribution is -0.116. The largest absolute Gasteiger partial charge is 0.497 e. The molecule has 0 spiro atoms. The van der Waals surface area contributed by atoms with E-state index in [0.29, 0.717) is 29.6 Å². The lowest BCUT2D eigenvalue weighted by Crippen LogP contribution is -2.12. The van der Waals surface area contributed by atoms with Crippen LogP contribution in [0, 0.1) is 0 Å². The van der Waals surface area contributed by atoms with E-state index in [-0.39, 0.29) is 12.3 Å². The molecule has 3 rings (SSSR count). The Bertz CT molecular complexity index is 875. The molecule has 0 aliphatic rings. The third-order valence-electron chi connectivity index (χ3n) is 3.74. The molecule has 1 amide bonds. The number of amides is 1. The molecule has 2 aromatic carbocycles. The van der Waals surface area contributed by atoms with Gasteiger partial charge in [0, 0.05) is 30.2 Å². The van der Waals surface area contributed by atoms with Crippen molar-refractivity contribution in [3.05, 3.63) is 54.4 Å². The summed E-state index contributed by atoms with van der Waals surface area (Å²) in [5, 5.41) is 6.77. The van der Waals surface area contributed by atoms with E-state index in [1.54, 1.807) is 26.4 Å². The molecule has 0 aliphatic carbocycles. The van der Waals surface area contributed by atoms with Crippen LogP contribution < -0.4 is 14.8 Å². The number of methoxy groups -OCH3 is 2. The maximum absolute atomic E-state index is 12.1. The minimum atomic E-state index is -0.137. The molecule has 0 atom stereocenters. The molecular formula is C19H19N3O4. The van der Waals surface area contributed by atoms with Crippen molar-refractivity contribution < 1.29 is 18.8 Å². The number of ether oxygens (including phenoxy) is 2. The molecule has 0 unspecified atom stereocenters. The average Bonchev–Trinajstić information content (AvgIpc) is 3.15. The molecule has 0 radical (unpaired) electrons. The highest BCUT2D eigenvalue weighted by Crippen LogP contribution is 2.20. The monoisotopic (exact) mass is 353 g/mol. The molecule has 1 N–H and O–H groups in total. The van der Waals surface area contributed by atoms with E-state index in [4.69, 9.17) is 14.0 Å². The number of nitrogens with zero attached hydrogens (tertiary/aromatic N) is 2. The summed E-state index contributed by atoms with van der Waals surface area (Å²) in [6, 6.07) is 14.5. The zero-order chi connectivity index (χ0) is 18.4. The van der Waals surface area contributed by atoms with Crippen LogP contribution >= 0.6 is 0 Å². The predicted molar refractivity (Wildman–Crippen MR) is 96.2 cm³/mol. The first-order valence-electron chi connectivity index (χ1n) is 8.09. The number of anilines is 1. The van der Waals surface area contributed by atoms with Crippen molar-refractivity contribution in [3.8, 4) is 22.9 Å². The summed E-state index contributed by atoms with van der Waals surface area (Å²) in [4.78, 5) is 16.4. The van der Waals surface area contributed by atoms with Crippen LogP contribution in [-0.4, -0.2) is 30.3 Å². The Hall–Kier alpha value is -3.35. The minimum absolute atomic E-state index is 0.137. The topological polar surface area (TPSA) is 86.5 Å². The molecule has 1 aromatic heterocycles. The van der Waals surface area contributed by atoms with Gasteiger partial charge in [-0.3, -0.25) is 4.79 Å². The van der Waals surface area contributed by atoms with Crippen LogP contribution in [0.25, 0.3) is 11.4 Å². The number of rotatable bonds is 7. The van der Waals surface area contributed by atoms with Crippen LogP contribution in [0.1, 0.15) is 12.3 Å². The second-order valence-corrected chi connectivity index (χ2v) is 5.52. The number of benzene rings is 2. The van der Waals surface area contributed by atoms with Crippen molar-refractivity contribution >= 4 is 11.6 Å². The Balaban J connectivity index is 1.56. The standard InChI is InChI=1S/C19H19N3O4/c1-24-15-8-6-13(7-9-15)19-21-18(26-22-19)11-10-17(23)20-14-4-3-5-16(12-14)25-2/h3-9,12H,10-11H2,1-2H3,(H,20,23). The normalized spacial score (nSPS) is 10.4. The maximum Gasteiger partial charge on any atom is 0.227 e. The minimum Gasteiger partial charge on any atom is -0.497 e. The Morgan fingerprint density at radius 1 is 1.08 bits per heavy atom. The number of carbonyl (C=O) groups excluding carboxylic acids is 1. The highest BCUT2D eigenvalue weighted by Gasteiger charge is 2.11. The number of hydrogen-bond donors (Lipinski definition) is 1. The van der Waals surface area contributed by atoms with Gasteiger partial charge in [0.15, 0.2) is 0 Å². The fourth-order valence-electron chi connectivity index (χ4n) is 2.36. The number of hydrogen-bond acceptors (Lipinski definition) is 6. The van der Waals surface area contributed by atoms with Crippen LogP contribution in [0.3, 0.4) is 0 Å². The van der Waals surface area contributed by atoms with Gasteiger partial charge in [0.25, 0.3) is 0 Å². The summed E-state index contributed by atoms with van der Waals surface area (Å²) in [5.74, 6) is 2.20. The lowest BCUT2D eigenvalue weighted by atomic mass is 10.2. The molecule has 7 nitrogen and oxygen atoms in total. The number of carbonyl (C=O) groups is 1. The Morgan fingerprint density at radius 2 is 1.85 bits per heavy atom. The van der Waals surface area contributed by atoms with Crippen molar-refractivity contribution in [1.82, 2.24) is 10.1 Å².